The van der Waals surface area contributed by atoms with Crippen LogP contribution in [0.5, 0.6) is 0 Å². The van der Waals surface area contributed by atoms with E-state index in [0.717, 1.165) is 37.6 Å². The summed E-state index contributed by atoms with van der Waals surface area (Å²) in [6.07, 6.45) is 5.78. The van der Waals surface area contributed by atoms with Gasteiger partial charge in [0.15, 0.2) is 5.82 Å². The lowest BCUT2D eigenvalue weighted by Crippen LogP contribution is -2.63. The van der Waals surface area contributed by atoms with Crippen LogP contribution in [0.1, 0.15) is 44.3 Å². The van der Waals surface area contributed by atoms with Crippen LogP contribution in [0.15, 0.2) is 4.52 Å². The van der Waals surface area contributed by atoms with Gasteiger partial charge >= 0.3 is 0 Å². The van der Waals surface area contributed by atoms with Gasteiger partial charge in [-0.15, -0.1) is 0 Å². The summed E-state index contributed by atoms with van der Waals surface area (Å²) in [5, 5.41) is 4.09. The number of piperidine rings is 2. The van der Waals surface area contributed by atoms with Crippen LogP contribution in [-0.2, 0) is 11.8 Å². The van der Waals surface area contributed by atoms with Crippen LogP contribution in [-0.4, -0.2) is 34.7 Å². The Kier molecular flexibility index (Phi) is 2.46. The molecule has 1 aromatic rings. The molecular weight excluding hydrogens is 202 g/mol. The second-order valence-electron chi connectivity index (χ2n) is 5.21. The van der Waals surface area contributed by atoms with Gasteiger partial charge in [0, 0.05) is 19.5 Å². The first-order chi connectivity index (χ1) is 7.82. The largest absolute Gasteiger partial charge is 0.339 e. The molecule has 0 saturated carbocycles. The Morgan fingerprint density at radius 1 is 1.44 bits per heavy atom. The fraction of sp³-hybridized carbons (Fsp3) is 0.833. The number of fused-ring (bicyclic) bond motifs is 2. The van der Waals surface area contributed by atoms with Crippen LogP contribution in [0.2, 0.25) is 0 Å². The summed E-state index contributed by atoms with van der Waals surface area (Å²) in [4.78, 5) is 7.05. The maximum absolute atomic E-state index is 5.45. The van der Waals surface area contributed by atoms with E-state index in [1.54, 1.807) is 0 Å². The molecule has 0 atom stereocenters. The molecule has 0 unspecified atom stereocenters. The summed E-state index contributed by atoms with van der Waals surface area (Å²) in [7, 11) is 0. The average molecular weight is 221 g/mol. The molecular formula is C12H19N3O. The first-order valence-corrected chi connectivity index (χ1v) is 6.38. The third kappa shape index (κ3) is 1.56. The molecule has 2 bridgehead atoms. The summed E-state index contributed by atoms with van der Waals surface area (Å²) in [6, 6.07) is 0. The van der Waals surface area contributed by atoms with E-state index in [-0.39, 0.29) is 5.41 Å². The van der Waals surface area contributed by atoms with Gasteiger partial charge in [-0.25, -0.2) is 0 Å². The minimum Gasteiger partial charge on any atom is -0.339 e. The minimum atomic E-state index is 0.218. The zero-order valence-corrected chi connectivity index (χ0v) is 9.91. The highest BCUT2D eigenvalue weighted by Gasteiger charge is 2.50. The Labute approximate surface area is 96.0 Å². The Balaban J connectivity index is 1.72. The number of hydrogen-bond acceptors (Lipinski definition) is 4. The molecule has 0 aromatic carbocycles. The predicted molar refractivity (Wildman–Crippen MR) is 60.3 cm³/mol. The van der Waals surface area contributed by atoms with Crippen LogP contribution >= 0.6 is 0 Å². The molecule has 4 heterocycles. The molecule has 3 fully saturated rings. The molecule has 1 aromatic heterocycles. The van der Waals surface area contributed by atoms with E-state index in [1.165, 1.54) is 25.8 Å². The molecule has 0 amide bonds. The van der Waals surface area contributed by atoms with Crippen molar-refractivity contribution in [2.45, 2.75) is 44.4 Å². The summed E-state index contributed by atoms with van der Waals surface area (Å²) in [5.41, 5.74) is 0.218. The lowest BCUT2D eigenvalue weighted by atomic mass is 9.72. The minimum absolute atomic E-state index is 0.218. The topological polar surface area (TPSA) is 42.2 Å². The molecule has 4 heteroatoms. The molecule has 16 heavy (non-hydrogen) atoms. The maximum atomic E-state index is 5.45. The number of nitrogens with zero attached hydrogens (tertiary/aromatic N) is 3. The highest BCUT2D eigenvalue weighted by atomic mass is 16.5. The van der Waals surface area contributed by atoms with E-state index in [0.29, 0.717) is 0 Å². The molecule has 0 radical (unpaired) electrons. The molecule has 0 spiro atoms. The molecule has 4 rings (SSSR count). The monoisotopic (exact) mass is 221 g/mol. The fourth-order valence-corrected chi connectivity index (χ4v) is 2.92. The van der Waals surface area contributed by atoms with E-state index in [9.17, 15) is 0 Å². The van der Waals surface area contributed by atoms with Crippen molar-refractivity contribution in [3.63, 3.8) is 0 Å². The van der Waals surface area contributed by atoms with Gasteiger partial charge in [0.25, 0.3) is 0 Å². The van der Waals surface area contributed by atoms with Crippen molar-refractivity contribution in [1.29, 1.82) is 0 Å². The molecule has 0 N–H and O–H groups in total. The van der Waals surface area contributed by atoms with Gasteiger partial charge < -0.3 is 9.42 Å². The van der Waals surface area contributed by atoms with Crippen LogP contribution in [0, 0.1) is 0 Å². The van der Waals surface area contributed by atoms with E-state index in [4.69, 9.17) is 4.52 Å². The Hall–Kier alpha value is -0.900. The van der Waals surface area contributed by atoms with Crippen molar-refractivity contribution < 1.29 is 4.52 Å². The molecule has 4 nitrogen and oxygen atoms in total. The predicted octanol–water partition coefficient (Wildman–Crippen LogP) is 1.76. The zero-order valence-electron chi connectivity index (χ0n) is 9.91. The van der Waals surface area contributed by atoms with Crippen molar-refractivity contribution in [1.82, 2.24) is 15.0 Å². The van der Waals surface area contributed by atoms with E-state index >= 15 is 0 Å². The van der Waals surface area contributed by atoms with Gasteiger partial charge in [0.2, 0.25) is 5.89 Å². The SMILES string of the molecule is CCCCc1noc(C23CCCN(C2)C3)n1. The number of unbranched alkanes of at least 4 members (excludes halogenated alkanes) is 1. The number of hydrogen-bond donors (Lipinski definition) is 0. The normalized spacial score (nSPS) is 32.4. The second-order valence-corrected chi connectivity index (χ2v) is 5.21. The Morgan fingerprint density at radius 2 is 2.31 bits per heavy atom. The maximum Gasteiger partial charge on any atom is 0.235 e. The van der Waals surface area contributed by atoms with Crippen molar-refractivity contribution in [3.8, 4) is 0 Å². The van der Waals surface area contributed by atoms with Gasteiger partial charge in [0.05, 0.1) is 5.41 Å². The first kappa shape index (κ1) is 10.3. The number of rotatable bonds is 4. The number of aryl methyl sites for hydroxylation is 1. The summed E-state index contributed by atoms with van der Waals surface area (Å²) in [5.74, 6) is 1.80. The first-order valence-electron chi connectivity index (χ1n) is 6.38. The standard InChI is InChI=1S/C12H19N3O/c1-2-3-5-10-13-11(16-14-10)12-6-4-7-15(8-12)9-12/h2-9H2,1H3. The van der Waals surface area contributed by atoms with Crippen molar-refractivity contribution >= 4 is 0 Å². The highest BCUT2D eigenvalue weighted by Crippen LogP contribution is 2.41. The molecule has 3 aliphatic rings. The van der Waals surface area contributed by atoms with Crippen molar-refractivity contribution in [2.75, 3.05) is 19.6 Å². The quantitative estimate of drug-likeness (QED) is 0.777. The molecule has 88 valence electrons. The molecule has 0 aliphatic carbocycles. The van der Waals surface area contributed by atoms with Gasteiger partial charge in [0.1, 0.15) is 0 Å². The third-order valence-electron chi connectivity index (χ3n) is 3.86. The Morgan fingerprint density at radius 3 is 3.00 bits per heavy atom. The van der Waals surface area contributed by atoms with Crippen LogP contribution in [0.4, 0.5) is 0 Å². The van der Waals surface area contributed by atoms with Crippen LogP contribution in [0.3, 0.4) is 0 Å². The smallest absolute Gasteiger partial charge is 0.235 e. The average Bonchev–Trinajstić information content (AvgIpc) is 2.75. The molecule has 3 saturated heterocycles. The number of aromatic nitrogens is 2. The van der Waals surface area contributed by atoms with Gasteiger partial charge in [-0.3, -0.25) is 0 Å². The van der Waals surface area contributed by atoms with Crippen molar-refractivity contribution in [2.24, 2.45) is 0 Å². The summed E-state index contributed by atoms with van der Waals surface area (Å²) < 4.78 is 5.45. The van der Waals surface area contributed by atoms with Gasteiger partial charge in [-0.1, -0.05) is 18.5 Å². The fourth-order valence-electron chi connectivity index (χ4n) is 2.92. The van der Waals surface area contributed by atoms with Crippen LogP contribution in [0.25, 0.3) is 0 Å². The lowest BCUT2D eigenvalue weighted by molar-refractivity contribution is -0.00680. The summed E-state index contributed by atoms with van der Waals surface area (Å²) in [6.45, 7) is 5.69. The Bertz CT molecular complexity index is 363. The highest BCUT2D eigenvalue weighted by molar-refractivity contribution is 5.16. The molecule has 3 aliphatic heterocycles. The van der Waals surface area contributed by atoms with Gasteiger partial charge in [-0.05, 0) is 25.8 Å². The second kappa shape index (κ2) is 3.84. The summed E-state index contributed by atoms with van der Waals surface area (Å²) >= 11 is 0. The van der Waals surface area contributed by atoms with E-state index < -0.39 is 0 Å². The zero-order chi connectivity index (χ0) is 11.0. The van der Waals surface area contributed by atoms with E-state index in [2.05, 4.69) is 22.0 Å². The van der Waals surface area contributed by atoms with Crippen LogP contribution < -0.4 is 0 Å². The lowest BCUT2D eigenvalue weighted by Gasteiger charge is -2.52. The van der Waals surface area contributed by atoms with Gasteiger partial charge in [-0.2, -0.15) is 4.98 Å². The van der Waals surface area contributed by atoms with E-state index in [1.807, 2.05) is 0 Å². The third-order valence-corrected chi connectivity index (χ3v) is 3.86. The van der Waals surface area contributed by atoms with Crippen molar-refractivity contribution in [3.05, 3.63) is 11.7 Å².